The van der Waals surface area contributed by atoms with E-state index in [9.17, 15) is 4.79 Å². The van der Waals surface area contributed by atoms with Crippen molar-refractivity contribution in [3.63, 3.8) is 0 Å². The zero-order valence-corrected chi connectivity index (χ0v) is 9.36. The maximum Gasteiger partial charge on any atom is 0.222 e. The predicted molar refractivity (Wildman–Crippen MR) is 57.0 cm³/mol. The van der Waals surface area contributed by atoms with Gasteiger partial charge in [-0.1, -0.05) is 19.8 Å². The van der Waals surface area contributed by atoms with E-state index in [0.717, 1.165) is 25.1 Å². The molecule has 0 aliphatic carbocycles. The molecule has 0 saturated carbocycles. The molecule has 0 fully saturated rings. The van der Waals surface area contributed by atoms with Gasteiger partial charge >= 0.3 is 0 Å². The van der Waals surface area contributed by atoms with Crippen LogP contribution in [-0.2, 0) is 11.3 Å². The lowest BCUT2D eigenvalue weighted by atomic mass is 10.2. The van der Waals surface area contributed by atoms with Crippen molar-refractivity contribution < 1.29 is 4.79 Å². The second kappa shape index (κ2) is 6.16. The van der Waals surface area contributed by atoms with Crippen molar-refractivity contribution in [2.24, 2.45) is 0 Å². The average molecular weight is 210 g/mol. The molecule has 5 nitrogen and oxygen atoms in total. The van der Waals surface area contributed by atoms with Gasteiger partial charge in [0.05, 0.1) is 6.54 Å². The Morgan fingerprint density at radius 3 is 2.93 bits per heavy atom. The predicted octanol–water partition coefficient (Wildman–Crippen LogP) is 1.34. The molecular formula is C10H18N4O. The minimum Gasteiger partial charge on any atom is -0.338 e. The van der Waals surface area contributed by atoms with E-state index in [-0.39, 0.29) is 5.91 Å². The zero-order valence-electron chi connectivity index (χ0n) is 9.36. The molecule has 0 spiro atoms. The summed E-state index contributed by atoms with van der Waals surface area (Å²) in [6, 6.07) is 0. The third kappa shape index (κ3) is 4.10. The molecule has 0 aliphatic rings. The van der Waals surface area contributed by atoms with Gasteiger partial charge in [0.25, 0.3) is 0 Å². The van der Waals surface area contributed by atoms with E-state index in [1.54, 1.807) is 11.9 Å². The molecule has 15 heavy (non-hydrogen) atoms. The van der Waals surface area contributed by atoms with Gasteiger partial charge in [0, 0.05) is 13.5 Å². The van der Waals surface area contributed by atoms with E-state index >= 15 is 0 Å². The van der Waals surface area contributed by atoms with E-state index in [1.165, 1.54) is 6.33 Å². The van der Waals surface area contributed by atoms with Crippen molar-refractivity contribution in [2.45, 2.75) is 39.2 Å². The van der Waals surface area contributed by atoms with E-state index in [4.69, 9.17) is 0 Å². The Morgan fingerprint density at radius 1 is 1.53 bits per heavy atom. The van der Waals surface area contributed by atoms with Crippen LogP contribution in [0, 0.1) is 0 Å². The quantitative estimate of drug-likeness (QED) is 0.721. The lowest BCUT2D eigenvalue weighted by Crippen LogP contribution is -2.26. The molecule has 5 heteroatoms. The summed E-state index contributed by atoms with van der Waals surface area (Å²) in [7, 11) is 1.79. The largest absolute Gasteiger partial charge is 0.338 e. The highest BCUT2D eigenvalue weighted by molar-refractivity contribution is 5.75. The highest BCUT2D eigenvalue weighted by atomic mass is 16.2. The molecule has 0 aliphatic heterocycles. The third-order valence-corrected chi connectivity index (χ3v) is 2.27. The summed E-state index contributed by atoms with van der Waals surface area (Å²) in [4.78, 5) is 17.3. The van der Waals surface area contributed by atoms with Gasteiger partial charge in [0.1, 0.15) is 12.2 Å². The molecule has 1 aromatic rings. The number of amides is 1. The van der Waals surface area contributed by atoms with Gasteiger partial charge < -0.3 is 4.90 Å². The molecule has 1 aromatic heterocycles. The maximum atomic E-state index is 11.6. The minimum atomic E-state index is 0.167. The SMILES string of the molecule is CCCCCC(=O)N(C)Cc1ncn[nH]1. The summed E-state index contributed by atoms with van der Waals surface area (Å²) in [5, 5.41) is 6.47. The van der Waals surface area contributed by atoms with Crippen LogP contribution in [0.2, 0.25) is 0 Å². The second-order valence-corrected chi connectivity index (χ2v) is 3.64. The number of carbonyl (C=O) groups excluding carboxylic acids is 1. The first-order chi connectivity index (χ1) is 7.24. The van der Waals surface area contributed by atoms with Gasteiger partial charge in [-0.3, -0.25) is 9.89 Å². The van der Waals surface area contributed by atoms with Crippen LogP contribution < -0.4 is 0 Å². The van der Waals surface area contributed by atoms with Crippen LogP contribution in [0.3, 0.4) is 0 Å². The number of rotatable bonds is 6. The van der Waals surface area contributed by atoms with Gasteiger partial charge in [-0.25, -0.2) is 4.98 Å². The molecular weight excluding hydrogens is 192 g/mol. The lowest BCUT2D eigenvalue weighted by Gasteiger charge is -2.15. The molecule has 0 aromatic carbocycles. The Balaban J connectivity index is 2.27. The van der Waals surface area contributed by atoms with Gasteiger partial charge in [-0.05, 0) is 6.42 Å². The molecule has 84 valence electrons. The van der Waals surface area contributed by atoms with Crippen molar-refractivity contribution in [3.05, 3.63) is 12.2 Å². The van der Waals surface area contributed by atoms with E-state index < -0.39 is 0 Å². The summed E-state index contributed by atoms with van der Waals surface area (Å²) in [6.07, 6.45) is 5.29. The van der Waals surface area contributed by atoms with E-state index in [0.29, 0.717) is 13.0 Å². The van der Waals surface area contributed by atoms with Crippen molar-refractivity contribution in [3.8, 4) is 0 Å². The standard InChI is InChI=1S/C10H18N4O/c1-3-4-5-6-10(15)14(2)7-9-11-8-12-13-9/h8H,3-7H2,1-2H3,(H,11,12,13). The Kier molecular flexibility index (Phi) is 4.80. The number of aromatic nitrogens is 3. The molecule has 1 N–H and O–H groups in total. The Hall–Kier alpha value is -1.39. The summed E-state index contributed by atoms with van der Waals surface area (Å²) >= 11 is 0. The molecule has 1 rings (SSSR count). The summed E-state index contributed by atoms with van der Waals surface area (Å²) in [5.74, 6) is 0.890. The van der Waals surface area contributed by atoms with Crippen LogP contribution >= 0.6 is 0 Å². The topological polar surface area (TPSA) is 61.9 Å². The maximum absolute atomic E-state index is 11.6. The molecule has 0 radical (unpaired) electrons. The normalized spacial score (nSPS) is 10.3. The fourth-order valence-corrected chi connectivity index (χ4v) is 1.34. The van der Waals surface area contributed by atoms with Crippen molar-refractivity contribution in [1.82, 2.24) is 20.1 Å². The van der Waals surface area contributed by atoms with Crippen LogP contribution in [0.25, 0.3) is 0 Å². The minimum absolute atomic E-state index is 0.167. The van der Waals surface area contributed by atoms with Gasteiger partial charge in [0.15, 0.2) is 0 Å². The van der Waals surface area contributed by atoms with Gasteiger partial charge in [0.2, 0.25) is 5.91 Å². The van der Waals surface area contributed by atoms with Crippen LogP contribution in [0.4, 0.5) is 0 Å². The highest BCUT2D eigenvalue weighted by Gasteiger charge is 2.09. The van der Waals surface area contributed by atoms with E-state index in [1.807, 2.05) is 0 Å². The molecule has 0 atom stereocenters. The molecule has 0 saturated heterocycles. The van der Waals surface area contributed by atoms with Gasteiger partial charge in [-0.2, -0.15) is 5.10 Å². The van der Waals surface area contributed by atoms with Crippen LogP contribution in [0.5, 0.6) is 0 Å². The van der Waals surface area contributed by atoms with Crippen molar-refractivity contribution >= 4 is 5.91 Å². The summed E-state index contributed by atoms with van der Waals surface area (Å²) in [6.45, 7) is 2.63. The summed E-state index contributed by atoms with van der Waals surface area (Å²) in [5.41, 5.74) is 0. The Bertz CT molecular complexity index is 284. The fraction of sp³-hybridized carbons (Fsp3) is 0.700. The monoisotopic (exact) mass is 210 g/mol. The third-order valence-electron chi connectivity index (χ3n) is 2.27. The van der Waals surface area contributed by atoms with Crippen molar-refractivity contribution in [1.29, 1.82) is 0 Å². The molecule has 0 bridgehead atoms. The Labute approximate surface area is 89.9 Å². The smallest absolute Gasteiger partial charge is 0.222 e. The van der Waals surface area contributed by atoms with Crippen LogP contribution in [0.1, 0.15) is 38.4 Å². The fourth-order valence-electron chi connectivity index (χ4n) is 1.34. The number of hydrogen-bond acceptors (Lipinski definition) is 3. The van der Waals surface area contributed by atoms with Crippen LogP contribution in [-0.4, -0.2) is 33.0 Å². The molecule has 1 heterocycles. The summed E-state index contributed by atoms with van der Waals surface area (Å²) < 4.78 is 0. The lowest BCUT2D eigenvalue weighted by molar-refractivity contribution is -0.130. The number of aromatic amines is 1. The highest BCUT2D eigenvalue weighted by Crippen LogP contribution is 2.03. The van der Waals surface area contributed by atoms with Crippen molar-refractivity contribution in [2.75, 3.05) is 7.05 Å². The van der Waals surface area contributed by atoms with Gasteiger partial charge in [-0.15, -0.1) is 0 Å². The number of hydrogen-bond donors (Lipinski definition) is 1. The number of H-pyrrole nitrogens is 1. The van der Waals surface area contributed by atoms with E-state index in [2.05, 4.69) is 22.1 Å². The zero-order chi connectivity index (χ0) is 11.1. The first-order valence-corrected chi connectivity index (χ1v) is 5.32. The molecule has 1 amide bonds. The number of unbranched alkanes of at least 4 members (excludes halogenated alkanes) is 2. The first kappa shape index (κ1) is 11.7. The number of carbonyl (C=O) groups is 1. The Morgan fingerprint density at radius 2 is 2.33 bits per heavy atom. The molecule has 0 unspecified atom stereocenters. The average Bonchev–Trinajstić information content (AvgIpc) is 2.70. The number of nitrogens with zero attached hydrogens (tertiary/aromatic N) is 3. The first-order valence-electron chi connectivity index (χ1n) is 5.32. The van der Waals surface area contributed by atoms with Crippen LogP contribution in [0.15, 0.2) is 6.33 Å². The number of nitrogens with one attached hydrogen (secondary N) is 1. The second-order valence-electron chi connectivity index (χ2n) is 3.64.